The molecule has 1 aromatic carbocycles. The average Bonchev–Trinajstić information content (AvgIpc) is 2.53. The predicted octanol–water partition coefficient (Wildman–Crippen LogP) is 2.68. The lowest BCUT2D eigenvalue weighted by Crippen LogP contribution is -2.16. The fourth-order valence-electron chi connectivity index (χ4n) is 1.93. The van der Waals surface area contributed by atoms with Crippen molar-refractivity contribution in [1.29, 1.82) is 0 Å². The number of pyridine rings is 1. The molecule has 0 aliphatic rings. The molecule has 0 amide bonds. The molecule has 2 N–H and O–H groups in total. The molecule has 1 atom stereocenters. The highest BCUT2D eigenvalue weighted by Gasteiger charge is 2.23. The van der Waals surface area contributed by atoms with Gasteiger partial charge >= 0.3 is 5.97 Å². The lowest BCUT2D eigenvalue weighted by atomic mass is 10.0. The molecule has 116 valence electrons. The summed E-state index contributed by atoms with van der Waals surface area (Å²) in [7, 11) is 1.18. The zero-order valence-corrected chi connectivity index (χ0v) is 11.8. The smallest absolute Gasteiger partial charge is 0.338 e. The Morgan fingerprint density at radius 1 is 1.41 bits per heavy atom. The Kier molecular flexibility index (Phi) is 4.88. The third-order valence-corrected chi connectivity index (χ3v) is 2.97. The molecular formula is C15H14F2N2O3. The van der Waals surface area contributed by atoms with Crippen LogP contribution < -0.4 is 10.5 Å². The average molecular weight is 308 g/mol. The molecule has 0 saturated carbocycles. The molecular weight excluding hydrogens is 294 g/mol. The van der Waals surface area contributed by atoms with E-state index >= 15 is 0 Å². The van der Waals surface area contributed by atoms with Gasteiger partial charge in [-0.1, -0.05) is 0 Å². The van der Waals surface area contributed by atoms with E-state index in [9.17, 15) is 13.6 Å². The molecule has 0 spiro atoms. The maximum absolute atomic E-state index is 13.5. The summed E-state index contributed by atoms with van der Waals surface area (Å²) in [5.74, 6) is -1.12. The van der Waals surface area contributed by atoms with Gasteiger partial charge in [-0.15, -0.1) is 0 Å². The Labute approximate surface area is 125 Å². The van der Waals surface area contributed by atoms with Crippen LogP contribution in [-0.2, 0) is 4.74 Å². The first-order valence-corrected chi connectivity index (χ1v) is 6.37. The van der Waals surface area contributed by atoms with E-state index in [1.807, 2.05) is 0 Å². The van der Waals surface area contributed by atoms with Crippen LogP contribution in [0.15, 0.2) is 36.5 Å². The highest BCUT2D eigenvalue weighted by molar-refractivity contribution is 5.91. The number of anilines is 1. The van der Waals surface area contributed by atoms with Crippen molar-refractivity contribution in [1.82, 2.24) is 4.98 Å². The van der Waals surface area contributed by atoms with E-state index in [0.717, 1.165) is 12.1 Å². The Morgan fingerprint density at radius 2 is 2.18 bits per heavy atom. The van der Waals surface area contributed by atoms with Gasteiger partial charge in [0.05, 0.1) is 12.7 Å². The number of carbonyl (C=O) groups is 1. The van der Waals surface area contributed by atoms with E-state index in [1.165, 1.54) is 25.4 Å². The van der Waals surface area contributed by atoms with Crippen molar-refractivity contribution in [3.8, 4) is 5.75 Å². The fraction of sp³-hybridized carbons (Fsp3) is 0.200. The Hall–Kier alpha value is -2.70. The van der Waals surface area contributed by atoms with E-state index < -0.39 is 24.6 Å². The Bertz CT molecular complexity index is 680. The largest absolute Gasteiger partial charge is 0.479 e. The summed E-state index contributed by atoms with van der Waals surface area (Å²) in [4.78, 5) is 15.5. The number of nitrogen functional groups attached to an aromatic ring is 1. The molecule has 0 aliphatic carbocycles. The number of methoxy groups -OCH3 is 1. The number of halogens is 2. The van der Waals surface area contributed by atoms with Crippen molar-refractivity contribution in [3.63, 3.8) is 0 Å². The summed E-state index contributed by atoms with van der Waals surface area (Å²) in [5.41, 5.74) is 5.69. The van der Waals surface area contributed by atoms with Crippen LogP contribution in [0.5, 0.6) is 5.75 Å². The molecule has 7 heteroatoms. The van der Waals surface area contributed by atoms with Crippen LogP contribution in [0, 0.1) is 5.82 Å². The topological polar surface area (TPSA) is 74.4 Å². The lowest BCUT2D eigenvalue weighted by Gasteiger charge is -2.19. The zero-order valence-electron chi connectivity index (χ0n) is 11.8. The van der Waals surface area contributed by atoms with Gasteiger partial charge in [-0.2, -0.15) is 0 Å². The zero-order chi connectivity index (χ0) is 16.1. The van der Waals surface area contributed by atoms with E-state index in [4.69, 9.17) is 10.5 Å². The van der Waals surface area contributed by atoms with E-state index in [-0.39, 0.29) is 22.7 Å². The number of nitrogens with zero attached hydrogens (tertiary/aromatic N) is 1. The molecule has 1 aromatic heterocycles. The molecule has 22 heavy (non-hydrogen) atoms. The van der Waals surface area contributed by atoms with Crippen molar-refractivity contribution >= 4 is 11.8 Å². The summed E-state index contributed by atoms with van der Waals surface area (Å²) in [6.07, 6.45) is 0.241. The first-order valence-electron chi connectivity index (χ1n) is 6.37. The minimum Gasteiger partial charge on any atom is -0.479 e. The molecule has 0 saturated heterocycles. The van der Waals surface area contributed by atoms with Crippen molar-refractivity contribution in [3.05, 3.63) is 53.5 Å². The van der Waals surface area contributed by atoms with Crippen LogP contribution >= 0.6 is 0 Å². The third kappa shape index (κ3) is 3.30. The van der Waals surface area contributed by atoms with E-state index in [1.54, 1.807) is 6.07 Å². The first-order chi connectivity index (χ1) is 10.6. The standard InChI is InChI=1S/C15H14F2N2O3/c1-21-15(20)10-5-4-9(17)7-11(10)13(8-16)22-12-3-2-6-19-14(12)18/h2-7,13H,8H2,1H3,(H2,18,19). The second kappa shape index (κ2) is 6.84. The monoisotopic (exact) mass is 308 g/mol. The number of alkyl halides is 1. The SMILES string of the molecule is COC(=O)c1ccc(F)cc1C(CF)Oc1cccnc1N. The highest BCUT2D eigenvalue weighted by atomic mass is 19.1. The Morgan fingerprint density at radius 3 is 2.82 bits per heavy atom. The number of benzene rings is 1. The van der Waals surface area contributed by atoms with E-state index in [0.29, 0.717) is 0 Å². The van der Waals surface area contributed by atoms with Gasteiger partial charge in [0.15, 0.2) is 17.7 Å². The molecule has 5 nitrogen and oxygen atoms in total. The van der Waals surface area contributed by atoms with Gasteiger partial charge in [0.25, 0.3) is 0 Å². The summed E-state index contributed by atoms with van der Waals surface area (Å²) < 4.78 is 36.9. The van der Waals surface area contributed by atoms with Crippen LogP contribution in [0.3, 0.4) is 0 Å². The van der Waals surface area contributed by atoms with Gasteiger partial charge in [-0.3, -0.25) is 0 Å². The van der Waals surface area contributed by atoms with Crippen LogP contribution in [0.25, 0.3) is 0 Å². The molecule has 0 aliphatic heterocycles. The van der Waals surface area contributed by atoms with Crippen LogP contribution in [0.1, 0.15) is 22.0 Å². The van der Waals surface area contributed by atoms with Crippen LogP contribution in [0.4, 0.5) is 14.6 Å². The predicted molar refractivity (Wildman–Crippen MR) is 75.7 cm³/mol. The number of hydrogen-bond donors (Lipinski definition) is 1. The number of carbonyl (C=O) groups excluding carboxylic acids is 1. The normalized spacial score (nSPS) is 11.8. The molecule has 1 unspecified atom stereocenters. The number of nitrogens with two attached hydrogens (primary N) is 1. The minimum absolute atomic E-state index is 0.0222. The summed E-state index contributed by atoms with van der Waals surface area (Å²) in [6.45, 7) is -0.984. The van der Waals surface area contributed by atoms with Gasteiger partial charge in [-0.25, -0.2) is 18.6 Å². The highest BCUT2D eigenvalue weighted by Crippen LogP contribution is 2.28. The molecule has 0 fully saturated rings. The lowest BCUT2D eigenvalue weighted by molar-refractivity contribution is 0.0593. The van der Waals surface area contributed by atoms with Crippen LogP contribution in [-0.4, -0.2) is 24.7 Å². The van der Waals surface area contributed by atoms with Crippen molar-refractivity contribution in [2.75, 3.05) is 19.5 Å². The number of esters is 1. The molecule has 2 rings (SSSR count). The summed E-state index contributed by atoms with van der Waals surface area (Å²) in [6, 6.07) is 6.40. The van der Waals surface area contributed by atoms with Gasteiger partial charge in [0, 0.05) is 11.8 Å². The number of hydrogen-bond acceptors (Lipinski definition) is 5. The Balaban J connectivity index is 2.40. The molecule has 0 bridgehead atoms. The summed E-state index contributed by atoms with van der Waals surface area (Å²) in [5, 5.41) is 0. The van der Waals surface area contributed by atoms with E-state index in [2.05, 4.69) is 9.72 Å². The first kappa shape index (κ1) is 15.7. The summed E-state index contributed by atoms with van der Waals surface area (Å²) >= 11 is 0. The van der Waals surface area contributed by atoms with Crippen LogP contribution in [0.2, 0.25) is 0 Å². The molecule has 0 radical (unpaired) electrons. The fourth-order valence-corrected chi connectivity index (χ4v) is 1.93. The van der Waals surface area contributed by atoms with Gasteiger partial charge in [-0.05, 0) is 30.3 Å². The molecule has 1 heterocycles. The van der Waals surface area contributed by atoms with Gasteiger partial charge in [0.2, 0.25) is 0 Å². The number of aromatic nitrogens is 1. The quantitative estimate of drug-likeness (QED) is 0.860. The van der Waals surface area contributed by atoms with Crippen molar-refractivity contribution < 1.29 is 23.0 Å². The van der Waals surface area contributed by atoms with Gasteiger partial charge < -0.3 is 15.2 Å². The maximum Gasteiger partial charge on any atom is 0.338 e. The van der Waals surface area contributed by atoms with Crippen molar-refractivity contribution in [2.45, 2.75) is 6.10 Å². The second-order valence-corrected chi connectivity index (χ2v) is 4.37. The maximum atomic E-state index is 13.5. The number of ether oxygens (including phenoxy) is 2. The third-order valence-electron chi connectivity index (χ3n) is 2.97. The van der Waals surface area contributed by atoms with Gasteiger partial charge in [0.1, 0.15) is 12.5 Å². The minimum atomic E-state index is -1.21. The van der Waals surface area contributed by atoms with Crippen molar-refractivity contribution in [2.24, 2.45) is 0 Å². The second-order valence-electron chi connectivity index (χ2n) is 4.37. The number of rotatable bonds is 5. The molecule has 2 aromatic rings.